The Morgan fingerprint density at radius 3 is 2.78 bits per heavy atom. The maximum atomic E-state index is 13.3. The Labute approximate surface area is 110 Å². The molecule has 0 saturated heterocycles. The molecule has 0 amide bonds. The number of halogens is 1. The lowest BCUT2D eigenvalue weighted by Gasteiger charge is -2.22. The number of hydrogen-bond donors (Lipinski definition) is 2. The Bertz CT molecular complexity index is 440. The third-order valence-corrected chi connectivity index (χ3v) is 3.33. The minimum Gasteiger partial charge on any atom is -0.478 e. The number of aromatic carboxylic acids is 1. The van der Waals surface area contributed by atoms with Crippen LogP contribution >= 0.6 is 11.8 Å². The van der Waals surface area contributed by atoms with Crippen LogP contribution in [-0.4, -0.2) is 36.7 Å². The van der Waals surface area contributed by atoms with E-state index in [9.17, 15) is 9.18 Å². The minimum absolute atomic E-state index is 0.165. The summed E-state index contributed by atoms with van der Waals surface area (Å²) in [6.45, 7) is 0.701. The van der Waals surface area contributed by atoms with Gasteiger partial charge in [0.1, 0.15) is 11.4 Å². The molecule has 1 aromatic rings. The number of carboxylic acids is 1. The monoisotopic (exact) mass is 272 g/mol. The molecule has 4 nitrogen and oxygen atoms in total. The van der Waals surface area contributed by atoms with Crippen molar-refractivity contribution < 1.29 is 14.3 Å². The summed E-state index contributed by atoms with van der Waals surface area (Å²) in [5.41, 5.74) is 5.46. The molecule has 18 heavy (non-hydrogen) atoms. The summed E-state index contributed by atoms with van der Waals surface area (Å²) in [6.07, 6.45) is 2.94. The Morgan fingerprint density at radius 1 is 1.56 bits per heavy atom. The second-order valence-corrected chi connectivity index (χ2v) is 4.91. The predicted octanol–water partition coefficient (Wildman–Crippen LogP) is 2.30. The fourth-order valence-electron chi connectivity index (χ4n) is 1.69. The maximum Gasteiger partial charge on any atom is 0.340 e. The Morgan fingerprint density at radius 2 is 2.22 bits per heavy atom. The molecule has 0 aliphatic heterocycles. The van der Waals surface area contributed by atoms with Crippen molar-refractivity contribution in [3.05, 3.63) is 23.5 Å². The lowest BCUT2D eigenvalue weighted by molar-refractivity contribution is 0.0698. The van der Waals surface area contributed by atoms with Crippen LogP contribution in [0.5, 0.6) is 0 Å². The van der Waals surface area contributed by atoms with E-state index in [1.807, 2.05) is 6.26 Å². The molecule has 0 atom stereocenters. The molecular weight excluding hydrogens is 255 g/mol. The summed E-state index contributed by atoms with van der Waals surface area (Å²) in [4.78, 5) is 12.9. The minimum atomic E-state index is -1.21. The van der Waals surface area contributed by atoms with Gasteiger partial charge in [-0.05, 0) is 30.6 Å². The van der Waals surface area contributed by atoms with Crippen LogP contribution in [0, 0.1) is 5.82 Å². The van der Waals surface area contributed by atoms with Crippen molar-refractivity contribution in [2.24, 2.45) is 0 Å². The molecule has 0 radical (unpaired) electrons. The Hall–Kier alpha value is -1.43. The van der Waals surface area contributed by atoms with Crippen molar-refractivity contribution in [2.75, 3.05) is 36.2 Å². The topological polar surface area (TPSA) is 66.6 Å². The third-order valence-electron chi connectivity index (χ3n) is 2.64. The van der Waals surface area contributed by atoms with Gasteiger partial charge < -0.3 is 15.7 Å². The van der Waals surface area contributed by atoms with Gasteiger partial charge in [0.15, 0.2) is 0 Å². The molecule has 6 heteroatoms. The highest BCUT2D eigenvalue weighted by atomic mass is 32.2. The van der Waals surface area contributed by atoms with E-state index >= 15 is 0 Å². The van der Waals surface area contributed by atoms with Crippen LogP contribution < -0.4 is 10.6 Å². The van der Waals surface area contributed by atoms with Gasteiger partial charge in [-0.25, -0.2) is 9.18 Å². The average molecular weight is 272 g/mol. The smallest absolute Gasteiger partial charge is 0.340 e. The van der Waals surface area contributed by atoms with E-state index < -0.39 is 11.8 Å². The number of nitrogens with zero attached hydrogens (tertiary/aromatic N) is 1. The number of carbonyl (C=O) groups is 1. The fraction of sp³-hybridized carbons (Fsp3) is 0.417. The molecule has 3 N–H and O–H groups in total. The highest BCUT2D eigenvalue weighted by molar-refractivity contribution is 7.98. The van der Waals surface area contributed by atoms with Crippen molar-refractivity contribution >= 4 is 29.1 Å². The van der Waals surface area contributed by atoms with E-state index in [4.69, 9.17) is 10.8 Å². The molecule has 0 bridgehead atoms. The first-order valence-corrected chi connectivity index (χ1v) is 6.89. The molecule has 0 aliphatic carbocycles. The van der Waals surface area contributed by atoms with Gasteiger partial charge in [0, 0.05) is 13.6 Å². The first-order valence-electron chi connectivity index (χ1n) is 5.50. The molecule has 0 spiro atoms. The van der Waals surface area contributed by atoms with Crippen LogP contribution in [-0.2, 0) is 0 Å². The lowest BCUT2D eigenvalue weighted by Crippen LogP contribution is -2.22. The van der Waals surface area contributed by atoms with E-state index in [0.717, 1.165) is 12.2 Å². The third kappa shape index (κ3) is 3.29. The summed E-state index contributed by atoms with van der Waals surface area (Å²) < 4.78 is 13.3. The molecule has 100 valence electrons. The summed E-state index contributed by atoms with van der Waals surface area (Å²) in [5.74, 6) is -0.920. The first kappa shape index (κ1) is 14.6. The summed E-state index contributed by atoms with van der Waals surface area (Å²) >= 11 is 1.73. The van der Waals surface area contributed by atoms with Gasteiger partial charge in [-0.3, -0.25) is 0 Å². The van der Waals surface area contributed by atoms with Crippen molar-refractivity contribution in [3.8, 4) is 0 Å². The SMILES string of the molecule is CSCCCN(C)c1ccc(F)c(N)c1C(=O)O. The van der Waals surface area contributed by atoms with Crippen LogP contribution in [0.1, 0.15) is 16.8 Å². The molecule has 1 aromatic carbocycles. The standard InChI is InChI=1S/C12H17FN2O2S/c1-15(6-3-7-18-2)9-5-4-8(13)11(14)10(9)12(16)17/h4-5H,3,6-7,14H2,1-2H3,(H,16,17). The normalized spacial score (nSPS) is 10.4. The number of thioether (sulfide) groups is 1. The van der Waals surface area contributed by atoms with Crippen molar-refractivity contribution in [3.63, 3.8) is 0 Å². The zero-order chi connectivity index (χ0) is 13.7. The largest absolute Gasteiger partial charge is 0.478 e. The fourth-order valence-corrected chi connectivity index (χ4v) is 2.11. The number of anilines is 2. The zero-order valence-corrected chi connectivity index (χ0v) is 11.3. The summed E-state index contributed by atoms with van der Waals surface area (Å²) in [7, 11) is 1.78. The van der Waals surface area contributed by atoms with Gasteiger partial charge in [0.2, 0.25) is 0 Å². The van der Waals surface area contributed by atoms with Gasteiger partial charge in [0.25, 0.3) is 0 Å². The molecule has 0 fully saturated rings. The van der Waals surface area contributed by atoms with Gasteiger partial charge in [-0.1, -0.05) is 0 Å². The van der Waals surface area contributed by atoms with Gasteiger partial charge >= 0.3 is 5.97 Å². The average Bonchev–Trinajstić information content (AvgIpc) is 2.32. The highest BCUT2D eigenvalue weighted by Crippen LogP contribution is 2.27. The van der Waals surface area contributed by atoms with Gasteiger partial charge in [0.05, 0.1) is 11.4 Å². The number of benzene rings is 1. The van der Waals surface area contributed by atoms with E-state index in [2.05, 4.69) is 0 Å². The van der Waals surface area contributed by atoms with E-state index in [-0.39, 0.29) is 11.3 Å². The number of hydrogen-bond acceptors (Lipinski definition) is 4. The quantitative estimate of drug-likeness (QED) is 0.614. The van der Waals surface area contributed by atoms with Crippen molar-refractivity contribution in [2.45, 2.75) is 6.42 Å². The van der Waals surface area contributed by atoms with E-state index in [0.29, 0.717) is 12.2 Å². The van der Waals surface area contributed by atoms with Gasteiger partial charge in [-0.15, -0.1) is 0 Å². The van der Waals surface area contributed by atoms with Crippen LogP contribution in [0.4, 0.5) is 15.8 Å². The maximum absolute atomic E-state index is 13.3. The molecule has 0 aromatic heterocycles. The van der Waals surface area contributed by atoms with Crippen molar-refractivity contribution in [1.82, 2.24) is 0 Å². The Balaban J connectivity index is 3.01. The number of nitrogen functional groups attached to an aromatic ring is 1. The number of nitrogens with two attached hydrogens (primary N) is 1. The lowest BCUT2D eigenvalue weighted by atomic mass is 10.1. The van der Waals surface area contributed by atoms with Gasteiger partial charge in [-0.2, -0.15) is 11.8 Å². The number of carboxylic acid groups (broad SMARTS) is 1. The second kappa shape index (κ2) is 6.49. The second-order valence-electron chi connectivity index (χ2n) is 3.93. The highest BCUT2D eigenvalue weighted by Gasteiger charge is 2.19. The van der Waals surface area contributed by atoms with Crippen molar-refractivity contribution in [1.29, 1.82) is 0 Å². The van der Waals surface area contributed by atoms with Crippen LogP contribution in [0.15, 0.2) is 12.1 Å². The van der Waals surface area contributed by atoms with Crippen LogP contribution in [0.3, 0.4) is 0 Å². The summed E-state index contributed by atoms with van der Waals surface area (Å²) in [6, 6.07) is 2.65. The molecule has 0 aliphatic rings. The van der Waals surface area contributed by atoms with Crippen LogP contribution in [0.25, 0.3) is 0 Å². The molecule has 0 heterocycles. The number of rotatable bonds is 6. The van der Waals surface area contributed by atoms with Crippen LogP contribution in [0.2, 0.25) is 0 Å². The zero-order valence-electron chi connectivity index (χ0n) is 10.4. The van der Waals surface area contributed by atoms with E-state index in [1.54, 1.807) is 23.7 Å². The molecule has 0 saturated carbocycles. The Kier molecular flexibility index (Phi) is 5.27. The van der Waals surface area contributed by atoms with E-state index in [1.165, 1.54) is 12.1 Å². The molecule has 0 unspecified atom stereocenters. The molecule has 1 rings (SSSR count). The molecular formula is C12H17FN2O2S. The predicted molar refractivity (Wildman–Crippen MR) is 74.0 cm³/mol. The first-order chi connectivity index (χ1) is 8.49. The summed E-state index contributed by atoms with van der Waals surface area (Å²) in [5, 5.41) is 9.11.